The normalized spacial score (nSPS) is 19.1. The fourth-order valence-corrected chi connectivity index (χ4v) is 4.83. The highest BCUT2D eigenvalue weighted by Gasteiger charge is 2.33. The topological polar surface area (TPSA) is 118 Å². The van der Waals surface area contributed by atoms with E-state index in [0.717, 1.165) is 29.9 Å². The number of carbonyl (C=O) groups is 2. The van der Waals surface area contributed by atoms with Crippen LogP contribution in [0.3, 0.4) is 0 Å². The van der Waals surface area contributed by atoms with E-state index in [0.29, 0.717) is 49.3 Å². The smallest absolute Gasteiger partial charge is 0.415 e. The molecule has 1 atom stereocenters. The minimum absolute atomic E-state index is 0.0449. The number of pyridine rings is 2. The number of benzene rings is 1. The Labute approximate surface area is 226 Å². The van der Waals surface area contributed by atoms with E-state index < -0.39 is 6.09 Å². The summed E-state index contributed by atoms with van der Waals surface area (Å²) in [6.07, 6.45) is 0.143. The van der Waals surface area contributed by atoms with Crippen LogP contribution in [0.25, 0.3) is 11.3 Å². The Balaban J connectivity index is 0.996. The molecule has 6 rings (SSSR count). The zero-order valence-corrected chi connectivity index (χ0v) is 21.6. The summed E-state index contributed by atoms with van der Waals surface area (Å²) in [4.78, 5) is 36.8. The first kappa shape index (κ1) is 25.1. The molecule has 0 radical (unpaired) electrons. The van der Waals surface area contributed by atoms with Gasteiger partial charge in [0.15, 0.2) is 18.2 Å². The number of rotatable bonds is 9. The van der Waals surface area contributed by atoms with Gasteiger partial charge in [-0.25, -0.2) is 14.8 Å². The van der Waals surface area contributed by atoms with Gasteiger partial charge in [-0.1, -0.05) is 24.3 Å². The van der Waals surface area contributed by atoms with Gasteiger partial charge in [-0.05, 0) is 49.8 Å². The Hall–Kier alpha value is -4.22. The molecule has 3 aromatic rings. The molecule has 2 aromatic heterocycles. The second-order valence-corrected chi connectivity index (χ2v) is 9.96. The van der Waals surface area contributed by atoms with Crippen LogP contribution in [0.1, 0.15) is 12.0 Å². The number of anilines is 2. The fraction of sp³-hybridized carbons (Fsp3) is 0.357. The lowest BCUT2D eigenvalue weighted by atomic mass is 10.1. The highest BCUT2D eigenvalue weighted by Crippen LogP contribution is 2.30. The summed E-state index contributed by atoms with van der Waals surface area (Å²) in [6, 6.07) is 17.5. The van der Waals surface area contributed by atoms with Crippen molar-refractivity contribution in [2.45, 2.75) is 25.2 Å². The molecule has 3 aliphatic heterocycles. The number of amides is 2. The Kier molecular flexibility index (Phi) is 6.99. The number of likely N-dealkylation sites (tertiary alicyclic amines) is 1. The zero-order valence-electron chi connectivity index (χ0n) is 21.6. The van der Waals surface area contributed by atoms with E-state index in [9.17, 15) is 9.59 Å². The van der Waals surface area contributed by atoms with Crippen molar-refractivity contribution in [1.82, 2.24) is 20.2 Å². The number of carbonyl (C=O) groups excluding carboxylic acids is 2. The van der Waals surface area contributed by atoms with Gasteiger partial charge in [-0.15, -0.1) is 0 Å². The number of nitrogens with zero attached hydrogens (tertiary/aromatic N) is 4. The van der Waals surface area contributed by atoms with Crippen LogP contribution in [0.2, 0.25) is 0 Å². The molecular formula is C28H30N6O5. The molecule has 2 N–H and O–H groups in total. The van der Waals surface area contributed by atoms with Gasteiger partial charge in [-0.2, -0.15) is 0 Å². The van der Waals surface area contributed by atoms with Crippen LogP contribution in [0.4, 0.5) is 16.4 Å². The van der Waals surface area contributed by atoms with E-state index in [4.69, 9.17) is 19.2 Å². The van der Waals surface area contributed by atoms with E-state index in [1.807, 2.05) is 30.3 Å². The predicted molar refractivity (Wildman–Crippen MR) is 144 cm³/mol. The van der Waals surface area contributed by atoms with Crippen LogP contribution in [-0.2, 0) is 16.1 Å². The zero-order chi connectivity index (χ0) is 26.8. The number of ether oxygens (including phenoxy) is 3. The highest BCUT2D eigenvalue weighted by atomic mass is 16.6. The van der Waals surface area contributed by atoms with Crippen molar-refractivity contribution >= 4 is 23.6 Å². The fourth-order valence-electron chi connectivity index (χ4n) is 4.83. The molecular weight excluding hydrogens is 500 g/mol. The maximum Gasteiger partial charge on any atom is 0.415 e. The van der Waals surface area contributed by atoms with Gasteiger partial charge in [0.2, 0.25) is 5.88 Å². The number of nitrogens with one attached hydrogen (secondary N) is 2. The molecule has 0 saturated carbocycles. The SMILES string of the molecule is CN1CC(Oc2cccc(-c3cccc(CNCCC4CN(c5ccc6c(n5)NC(=O)CO6)C(=O)O4)c3)n2)C1. The Bertz CT molecular complexity index is 1380. The number of cyclic esters (lactones) is 1. The summed E-state index contributed by atoms with van der Waals surface area (Å²) >= 11 is 0. The maximum absolute atomic E-state index is 12.5. The summed E-state index contributed by atoms with van der Waals surface area (Å²) in [5.74, 6) is 1.58. The standard InChI is InChI=1S/C28H30N6O5/c1-33-14-21(15-33)38-26-7-3-6-22(30-26)19-5-2-4-18(12-19)13-29-11-10-20-16-34(28(36)39-20)24-9-8-23-27(31-24)32-25(35)17-37-23/h2-9,12,20-21,29H,10-11,13-17H2,1H3,(H,31,32,35). The molecule has 2 amide bonds. The largest absolute Gasteiger partial charge is 0.480 e. The highest BCUT2D eigenvalue weighted by molar-refractivity contribution is 5.95. The third-order valence-electron chi connectivity index (χ3n) is 6.85. The van der Waals surface area contributed by atoms with E-state index in [2.05, 4.69) is 39.7 Å². The van der Waals surface area contributed by atoms with Crippen molar-refractivity contribution in [3.63, 3.8) is 0 Å². The quantitative estimate of drug-likeness (QED) is 0.403. The van der Waals surface area contributed by atoms with Gasteiger partial charge >= 0.3 is 6.09 Å². The van der Waals surface area contributed by atoms with Gasteiger partial charge < -0.3 is 24.8 Å². The van der Waals surface area contributed by atoms with Gasteiger partial charge in [-0.3, -0.25) is 14.6 Å². The molecule has 11 heteroatoms. The molecule has 2 fully saturated rings. The van der Waals surface area contributed by atoms with E-state index in [1.54, 1.807) is 12.1 Å². The molecule has 0 spiro atoms. The summed E-state index contributed by atoms with van der Waals surface area (Å²) in [5, 5.41) is 6.10. The molecule has 3 aliphatic rings. The molecule has 0 bridgehead atoms. The van der Waals surface area contributed by atoms with Crippen molar-refractivity contribution in [3.8, 4) is 22.9 Å². The number of fused-ring (bicyclic) bond motifs is 1. The molecule has 2 saturated heterocycles. The number of aromatic nitrogens is 2. The molecule has 202 valence electrons. The average Bonchev–Trinajstić information content (AvgIpc) is 3.30. The second kappa shape index (κ2) is 10.9. The minimum atomic E-state index is -0.453. The summed E-state index contributed by atoms with van der Waals surface area (Å²) in [6.45, 7) is 3.54. The lowest BCUT2D eigenvalue weighted by Crippen LogP contribution is -2.51. The summed E-state index contributed by atoms with van der Waals surface area (Å²) in [7, 11) is 2.07. The van der Waals surface area contributed by atoms with Crippen LogP contribution in [-0.4, -0.2) is 78.9 Å². The molecule has 11 nitrogen and oxygen atoms in total. The number of hydrogen-bond donors (Lipinski definition) is 2. The van der Waals surface area contributed by atoms with Crippen molar-refractivity contribution in [2.24, 2.45) is 0 Å². The summed E-state index contributed by atoms with van der Waals surface area (Å²) < 4.78 is 16.9. The molecule has 0 aliphatic carbocycles. The first-order chi connectivity index (χ1) is 19.0. The van der Waals surface area contributed by atoms with Gasteiger partial charge in [0.25, 0.3) is 5.91 Å². The van der Waals surface area contributed by atoms with Crippen molar-refractivity contribution in [2.75, 3.05) is 50.1 Å². The maximum atomic E-state index is 12.5. The van der Waals surface area contributed by atoms with E-state index >= 15 is 0 Å². The third kappa shape index (κ3) is 5.79. The first-order valence-corrected chi connectivity index (χ1v) is 13.0. The van der Waals surface area contributed by atoms with Crippen LogP contribution >= 0.6 is 0 Å². The van der Waals surface area contributed by atoms with Crippen LogP contribution in [0.15, 0.2) is 54.6 Å². The summed E-state index contributed by atoms with van der Waals surface area (Å²) in [5.41, 5.74) is 3.04. The first-order valence-electron chi connectivity index (χ1n) is 13.0. The van der Waals surface area contributed by atoms with Gasteiger partial charge in [0.05, 0.1) is 12.2 Å². The van der Waals surface area contributed by atoms with E-state index in [-0.39, 0.29) is 24.7 Å². The van der Waals surface area contributed by atoms with Crippen molar-refractivity contribution in [1.29, 1.82) is 0 Å². The lowest BCUT2D eigenvalue weighted by Gasteiger charge is -2.35. The molecule has 1 aromatic carbocycles. The predicted octanol–water partition coefficient (Wildman–Crippen LogP) is 2.67. The van der Waals surface area contributed by atoms with Gasteiger partial charge in [0, 0.05) is 31.3 Å². The van der Waals surface area contributed by atoms with Crippen molar-refractivity contribution in [3.05, 3.63) is 60.2 Å². The van der Waals surface area contributed by atoms with Crippen LogP contribution < -0.4 is 25.0 Å². The molecule has 39 heavy (non-hydrogen) atoms. The van der Waals surface area contributed by atoms with Crippen LogP contribution in [0, 0.1) is 0 Å². The Morgan fingerprint density at radius 2 is 1.95 bits per heavy atom. The monoisotopic (exact) mass is 530 g/mol. The lowest BCUT2D eigenvalue weighted by molar-refractivity contribution is -0.118. The Morgan fingerprint density at radius 1 is 1.08 bits per heavy atom. The van der Waals surface area contributed by atoms with Crippen LogP contribution in [0.5, 0.6) is 11.6 Å². The number of hydrogen-bond acceptors (Lipinski definition) is 9. The third-order valence-corrected chi connectivity index (χ3v) is 6.85. The molecule has 5 heterocycles. The number of likely N-dealkylation sites (N-methyl/N-ethyl adjacent to an activating group) is 1. The van der Waals surface area contributed by atoms with E-state index in [1.165, 1.54) is 4.90 Å². The average molecular weight is 531 g/mol. The van der Waals surface area contributed by atoms with Crippen molar-refractivity contribution < 1.29 is 23.8 Å². The van der Waals surface area contributed by atoms with Gasteiger partial charge in [0.1, 0.15) is 18.0 Å². The minimum Gasteiger partial charge on any atom is -0.480 e. The Morgan fingerprint density at radius 3 is 2.82 bits per heavy atom. The second-order valence-electron chi connectivity index (χ2n) is 9.96. The molecule has 1 unspecified atom stereocenters.